The monoisotopic (exact) mass is 549 g/mol. The average Bonchev–Trinajstić information content (AvgIpc) is 3.48. The lowest BCUT2D eigenvalue weighted by Crippen LogP contribution is -2.11. The van der Waals surface area contributed by atoms with Gasteiger partial charge < -0.3 is 14.6 Å². The lowest BCUT2D eigenvalue weighted by molar-refractivity contribution is -0.140. The number of halogens is 3. The molecule has 10 nitrogen and oxygen atoms in total. The third kappa shape index (κ3) is 4.82. The van der Waals surface area contributed by atoms with E-state index in [0.717, 1.165) is 30.3 Å². The van der Waals surface area contributed by atoms with Gasteiger partial charge in [0.05, 0.1) is 19.0 Å². The summed E-state index contributed by atoms with van der Waals surface area (Å²) in [5, 5.41) is 7.66. The molecule has 1 N–H and O–H groups in total. The van der Waals surface area contributed by atoms with Crippen molar-refractivity contribution >= 4 is 11.6 Å². The number of alkyl halides is 3. The molecule has 0 spiro atoms. The van der Waals surface area contributed by atoms with Crippen molar-refractivity contribution < 1.29 is 17.9 Å². The van der Waals surface area contributed by atoms with Crippen molar-refractivity contribution in [1.29, 1.82) is 0 Å². The molecule has 5 aromatic rings. The van der Waals surface area contributed by atoms with Gasteiger partial charge in [0.25, 0.3) is 0 Å². The molecule has 1 aliphatic carbocycles. The van der Waals surface area contributed by atoms with Gasteiger partial charge in [0.15, 0.2) is 17.2 Å². The third-order valence-corrected chi connectivity index (χ3v) is 6.72. The SMILES string of the molecule is COc1ncnc(C2CC2)c1-c1nc(NCc2ccc(-c3nc(C(F)(F)F)cn3C(C)C)cc2)n2nccc2n1. The van der Waals surface area contributed by atoms with Crippen molar-refractivity contribution in [2.24, 2.45) is 0 Å². The minimum atomic E-state index is -4.51. The van der Waals surface area contributed by atoms with Crippen LogP contribution in [0.5, 0.6) is 5.88 Å². The molecule has 0 radical (unpaired) electrons. The molecule has 40 heavy (non-hydrogen) atoms. The molecule has 0 unspecified atom stereocenters. The summed E-state index contributed by atoms with van der Waals surface area (Å²) in [5.74, 6) is 1.91. The maximum absolute atomic E-state index is 13.3. The van der Waals surface area contributed by atoms with E-state index in [0.29, 0.717) is 46.9 Å². The quantitative estimate of drug-likeness (QED) is 0.269. The average molecular weight is 550 g/mol. The van der Waals surface area contributed by atoms with Gasteiger partial charge in [0, 0.05) is 36.3 Å². The Morgan fingerprint density at radius 3 is 2.50 bits per heavy atom. The fraction of sp³-hybridized carbons (Fsp3) is 0.333. The van der Waals surface area contributed by atoms with Crippen molar-refractivity contribution in [2.45, 2.75) is 51.4 Å². The fourth-order valence-corrected chi connectivity index (χ4v) is 4.56. The number of benzene rings is 1. The molecule has 4 heterocycles. The van der Waals surface area contributed by atoms with Gasteiger partial charge in [-0.15, -0.1) is 0 Å². The zero-order valence-corrected chi connectivity index (χ0v) is 22.0. The molecular weight excluding hydrogens is 523 g/mol. The first-order valence-corrected chi connectivity index (χ1v) is 12.8. The fourth-order valence-electron chi connectivity index (χ4n) is 4.56. The van der Waals surface area contributed by atoms with Crippen LogP contribution in [0.3, 0.4) is 0 Å². The van der Waals surface area contributed by atoms with E-state index < -0.39 is 11.9 Å². The lowest BCUT2D eigenvalue weighted by Gasteiger charge is -2.14. The van der Waals surface area contributed by atoms with E-state index in [1.165, 1.54) is 10.9 Å². The molecule has 1 saturated carbocycles. The van der Waals surface area contributed by atoms with Gasteiger partial charge in [-0.25, -0.2) is 19.9 Å². The van der Waals surface area contributed by atoms with E-state index in [-0.39, 0.29) is 11.9 Å². The predicted octanol–water partition coefficient (Wildman–Crippen LogP) is 5.54. The second-order valence-corrected chi connectivity index (χ2v) is 9.89. The minimum absolute atomic E-state index is 0.183. The molecule has 0 atom stereocenters. The summed E-state index contributed by atoms with van der Waals surface area (Å²) in [6.07, 6.45) is 1.76. The van der Waals surface area contributed by atoms with Crippen molar-refractivity contribution in [2.75, 3.05) is 12.4 Å². The molecule has 1 aromatic carbocycles. The maximum Gasteiger partial charge on any atom is 0.434 e. The highest BCUT2D eigenvalue weighted by molar-refractivity contribution is 5.68. The molecule has 4 aromatic heterocycles. The number of methoxy groups -OCH3 is 1. The van der Waals surface area contributed by atoms with Crippen LogP contribution in [0.2, 0.25) is 0 Å². The van der Waals surface area contributed by atoms with Gasteiger partial charge >= 0.3 is 6.18 Å². The molecule has 0 amide bonds. The molecule has 206 valence electrons. The number of aromatic nitrogens is 8. The number of rotatable bonds is 8. The van der Waals surface area contributed by atoms with Gasteiger partial charge in [0.2, 0.25) is 11.8 Å². The number of nitrogens with one attached hydrogen (secondary N) is 1. The van der Waals surface area contributed by atoms with E-state index in [1.807, 2.05) is 26.0 Å². The van der Waals surface area contributed by atoms with Crippen LogP contribution >= 0.6 is 0 Å². The summed E-state index contributed by atoms with van der Waals surface area (Å²) in [5.41, 5.74) is 2.71. The second kappa shape index (κ2) is 9.88. The van der Waals surface area contributed by atoms with Gasteiger partial charge in [-0.2, -0.15) is 27.8 Å². The third-order valence-electron chi connectivity index (χ3n) is 6.72. The highest BCUT2D eigenvalue weighted by atomic mass is 19.4. The highest BCUT2D eigenvalue weighted by Crippen LogP contribution is 2.45. The number of nitrogens with zero attached hydrogens (tertiary/aromatic N) is 8. The number of imidazole rings is 1. The molecule has 1 fully saturated rings. The van der Waals surface area contributed by atoms with E-state index in [4.69, 9.17) is 9.72 Å². The van der Waals surface area contributed by atoms with Crippen LogP contribution in [0.1, 0.15) is 55.6 Å². The van der Waals surface area contributed by atoms with Crippen molar-refractivity contribution in [1.82, 2.24) is 39.1 Å². The van der Waals surface area contributed by atoms with Gasteiger partial charge in [-0.1, -0.05) is 24.3 Å². The molecule has 1 aliphatic rings. The summed E-state index contributed by atoms with van der Waals surface area (Å²) >= 11 is 0. The number of hydrogen-bond acceptors (Lipinski definition) is 8. The first kappa shape index (κ1) is 25.7. The van der Waals surface area contributed by atoms with Gasteiger partial charge in [-0.3, -0.25) is 0 Å². The molecule has 6 rings (SSSR count). The predicted molar refractivity (Wildman–Crippen MR) is 141 cm³/mol. The summed E-state index contributed by atoms with van der Waals surface area (Å²) in [4.78, 5) is 22.1. The number of hydrogen-bond donors (Lipinski definition) is 1. The lowest BCUT2D eigenvalue weighted by atomic mass is 10.1. The Hall–Kier alpha value is -4.55. The minimum Gasteiger partial charge on any atom is -0.480 e. The van der Waals surface area contributed by atoms with E-state index in [1.54, 1.807) is 36.0 Å². The zero-order valence-electron chi connectivity index (χ0n) is 22.0. The molecular formula is C27H26F3N9O. The topological polar surface area (TPSA) is 108 Å². The van der Waals surface area contributed by atoms with E-state index >= 15 is 0 Å². The smallest absolute Gasteiger partial charge is 0.434 e. The van der Waals surface area contributed by atoms with Gasteiger partial charge in [-0.05, 0) is 32.3 Å². The largest absolute Gasteiger partial charge is 0.480 e. The van der Waals surface area contributed by atoms with Crippen LogP contribution in [-0.2, 0) is 12.7 Å². The van der Waals surface area contributed by atoms with Gasteiger partial charge in [0.1, 0.15) is 17.7 Å². The Morgan fingerprint density at radius 1 is 1.05 bits per heavy atom. The molecule has 0 aliphatic heterocycles. The molecule has 13 heteroatoms. The Bertz CT molecular complexity index is 1670. The van der Waals surface area contributed by atoms with Crippen molar-refractivity contribution in [3.63, 3.8) is 0 Å². The summed E-state index contributed by atoms with van der Waals surface area (Å²) < 4.78 is 48.6. The summed E-state index contributed by atoms with van der Waals surface area (Å²) in [6.45, 7) is 4.02. The standard InChI is InChI=1S/C27H26F3N9O/c1-15(2)38-13-19(27(28,29)30)35-24(38)18-6-4-16(5-7-18)12-31-26-37-23(36-20-10-11-34-39(20)26)21-22(17-8-9-17)32-14-33-25(21)40-3/h4-7,10-11,13-15,17H,8-9,12H2,1-3H3,(H,31,36,37). The van der Waals surface area contributed by atoms with E-state index in [9.17, 15) is 13.2 Å². The van der Waals surface area contributed by atoms with Crippen LogP contribution in [0.15, 0.2) is 49.1 Å². The Morgan fingerprint density at radius 2 is 1.82 bits per heavy atom. The Balaban J connectivity index is 1.29. The molecule has 0 saturated heterocycles. The zero-order chi connectivity index (χ0) is 28.0. The summed E-state index contributed by atoms with van der Waals surface area (Å²) in [7, 11) is 1.56. The first-order chi connectivity index (χ1) is 19.2. The van der Waals surface area contributed by atoms with E-state index in [2.05, 4.69) is 30.4 Å². The van der Waals surface area contributed by atoms with Crippen LogP contribution in [-0.4, -0.2) is 46.2 Å². The van der Waals surface area contributed by atoms with Crippen molar-refractivity contribution in [3.8, 4) is 28.7 Å². The Labute approximate surface area is 227 Å². The normalized spacial score (nSPS) is 13.8. The Kier molecular flexibility index (Phi) is 6.35. The number of anilines is 1. The maximum atomic E-state index is 13.3. The second-order valence-electron chi connectivity index (χ2n) is 9.89. The number of ether oxygens (including phenoxy) is 1. The van der Waals surface area contributed by atoms with Crippen LogP contribution in [0, 0.1) is 0 Å². The molecule has 0 bridgehead atoms. The van der Waals surface area contributed by atoms with Crippen LogP contribution in [0.4, 0.5) is 19.1 Å². The summed E-state index contributed by atoms with van der Waals surface area (Å²) in [6, 6.07) is 8.82. The van der Waals surface area contributed by atoms with Crippen LogP contribution in [0.25, 0.3) is 28.4 Å². The highest BCUT2D eigenvalue weighted by Gasteiger charge is 2.35. The van der Waals surface area contributed by atoms with Crippen LogP contribution < -0.4 is 10.1 Å². The first-order valence-electron chi connectivity index (χ1n) is 12.8. The number of fused-ring (bicyclic) bond motifs is 1. The van der Waals surface area contributed by atoms with Crippen molar-refractivity contribution in [3.05, 3.63) is 66.0 Å².